The fourth-order valence-electron chi connectivity index (χ4n) is 2.42. The lowest BCUT2D eigenvalue weighted by molar-refractivity contribution is 0.0741. The maximum absolute atomic E-state index is 12.2. The van der Waals surface area contributed by atoms with Crippen molar-refractivity contribution in [3.8, 4) is 0 Å². The molecule has 0 radical (unpaired) electrons. The SMILES string of the molecule is CN1CCC(CN(C)C(=O)c2cnc(NN)cn2)CC1. The molecule has 1 amide bonds. The molecule has 7 heteroatoms. The molecular formula is C13H22N6O. The Morgan fingerprint density at radius 3 is 2.70 bits per heavy atom. The monoisotopic (exact) mass is 278 g/mol. The Morgan fingerprint density at radius 2 is 2.15 bits per heavy atom. The third-order valence-electron chi connectivity index (χ3n) is 3.74. The van der Waals surface area contributed by atoms with E-state index >= 15 is 0 Å². The Hall–Kier alpha value is -1.73. The van der Waals surface area contributed by atoms with Crippen LogP contribution in [-0.4, -0.2) is 59.4 Å². The van der Waals surface area contributed by atoms with Crippen LogP contribution < -0.4 is 11.3 Å². The number of anilines is 1. The van der Waals surface area contributed by atoms with Gasteiger partial charge >= 0.3 is 0 Å². The third-order valence-corrected chi connectivity index (χ3v) is 3.74. The van der Waals surface area contributed by atoms with Gasteiger partial charge in [-0.2, -0.15) is 0 Å². The first-order valence-corrected chi connectivity index (χ1v) is 6.83. The van der Waals surface area contributed by atoms with Gasteiger partial charge in [-0.05, 0) is 38.9 Å². The molecule has 0 bridgehead atoms. The summed E-state index contributed by atoms with van der Waals surface area (Å²) < 4.78 is 0. The molecule has 0 aliphatic carbocycles. The van der Waals surface area contributed by atoms with Gasteiger partial charge in [0.15, 0.2) is 5.82 Å². The topological polar surface area (TPSA) is 87.4 Å². The predicted octanol–water partition coefficient (Wildman–Crippen LogP) is 0.176. The van der Waals surface area contributed by atoms with Gasteiger partial charge in [0.05, 0.1) is 12.4 Å². The summed E-state index contributed by atoms with van der Waals surface area (Å²) in [6.07, 6.45) is 5.17. The van der Waals surface area contributed by atoms with Crippen LogP contribution in [0.3, 0.4) is 0 Å². The van der Waals surface area contributed by atoms with E-state index in [2.05, 4.69) is 27.3 Å². The second-order valence-electron chi connectivity index (χ2n) is 5.36. The van der Waals surface area contributed by atoms with Crippen molar-refractivity contribution in [1.82, 2.24) is 19.8 Å². The van der Waals surface area contributed by atoms with Gasteiger partial charge in [0.1, 0.15) is 5.69 Å². The van der Waals surface area contributed by atoms with E-state index in [-0.39, 0.29) is 5.91 Å². The van der Waals surface area contributed by atoms with Crippen LogP contribution in [0.15, 0.2) is 12.4 Å². The first-order valence-electron chi connectivity index (χ1n) is 6.83. The van der Waals surface area contributed by atoms with Crippen LogP contribution >= 0.6 is 0 Å². The molecule has 2 heterocycles. The van der Waals surface area contributed by atoms with E-state index in [1.54, 1.807) is 4.90 Å². The Kier molecular flexibility index (Phi) is 4.86. The number of nitrogens with two attached hydrogens (primary N) is 1. The minimum absolute atomic E-state index is 0.0972. The lowest BCUT2D eigenvalue weighted by atomic mass is 9.96. The highest BCUT2D eigenvalue weighted by molar-refractivity contribution is 5.91. The van der Waals surface area contributed by atoms with Crippen molar-refractivity contribution in [2.24, 2.45) is 11.8 Å². The number of hydrogen-bond acceptors (Lipinski definition) is 6. The Bertz CT molecular complexity index is 441. The smallest absolute Gasteiger partial charge is 0.273 e. The predicted molar refractivity (Wildman–Crippen MR) is 77.0 cm³/mol. The van der Waals surface area contributed by atoms with E-state index in [1.807, 2.05) is 7.05 Å². The minimum atomic E-state index is -0.0972. The quantitative estimate of drug-likeness (QED) is 0.603. The maximum Gasteiger partial charge on any atom is 0.273 e. The van der Waals surface area contributed by atoms with E-state index in [1.165, 1.54) is 12.4 Å². The number of piperidine rings is 1. The number of hydrazine groups is 1. The van der Waals surface area contributed by atoms with Crippen LogP contribution in [0.2, 0.25) is 0 Å². The van der Waals surface area contributed by atoms with Crippen molar-refractivity contribution < 1.29 is 4.79 Å². The molecule has 1 aromatic rings. The Morgan fingerprint density at radius 1 is 1.45 bits per heavy atom. The second-order valence-corrected chi connectivity index (χ2v) is 5.36. The Labute approximate surface area is 119 Å². The number of nitrogens with zero attached hydrogens (tertiary/aromatic N) is 4. The molecule has 1 aromatic heterocycles. The summed E-state index contributed by atoms with van der Waals surface area (Å²) in [4.78, 5) is 24.4. The van der Waals surface area contributed by atoms with Crippen molar-refractivity contribution in [2.45, 2.75) is 12.8 Å². The molecule has 0 saturated carbocycles. The molecule has 1 fully saturated rings. The zero-order chi connectivity index (χ0) is 14.5. The summed E-state index contributed by atoms with van der Waals surface area (Å²) in [7, 11) is 3.95. The highest BCUT2D eigenvalue weighted by Crippen LogP contribution is 2.17. The van der Waals surface area contributed by atoms with Crippen LogP contribution in [0.4, 0.5) is 5.82 Å². The summed E-state index contributed by atoms with van der Waals surface area (Å²) in [5.41, 5.74) is 2.74. The van der Waals surface area contributed by atoms with Crippen molar-refractivity contribution in [3.63, 3.8) is 0 Å². The van der Waals surface area contributed by atoms with Gasteiger partial charge in [0, 0.05) is 13.6 Å². The summed E-state index contributed by atoms with van der Waals surface area (Å²) >= 11 is 0. The van der Waals surface area contributed by atoms with Crippen LogP contribution in [0.5, 0.6) is 0 Å². The number of likely N-dealkylation sites (tertiary alicyclic amines) is 1. The molecule has 0 atom stereocenters. The standard InChI is InChI=1S/C13H22N6O/c1-18-5-3-10(4-6-18)9-19(2)13(20)11-7-16-12(17-14)8-15-11/h7-8,10H,3-6,9,14H2,1-2H3,(H,16,17). The molecule has 3 N–H and O–H groups in total. The molecule has 0 unspecified atom stereocenters. The normalized spacial score (nSPS) is 16.9. The molecule has 2 rings (SSSR count). The van der Waals surface area contributed by atoms with E-state index in [0.29, 0.717) is 17.4 Å². The number of nitrogen functional groups attached to an aromatic ring is 1. The zero-order valence-corrected chi connectivity index (χ0v) is 12.0. The minimum Gasteiger partial charge on any atom is -0.340 e. The lowest BCUT2D eigenvalue weighted by Gasteiger charge is -2.31. The average Bonchev–Trinajstić information content (AvgIpc) is 2.49. The number of amides is 1. The van der Waals surface area contributed by atoms with Crippen LogP contribution in [0.1, 0.15) is 23.3 Å². The highest BCUT2D eigenvalue weighted by atomic mass is 16.2. The van der Waals surface area contributed by atoms with Crippen LogP contribution in [-0.2, 0) is 0 Å². The van der Waals surface area contributed by atoms with Gasteiger partial charge in [0.2, 0.25) is 0 Å². The van der Waals surface area contributed by atoms with Gasteiger partial charge in [-0.1, -0.05) is 0 Å². The summed E-state index contributed by atoms with van der Waals surface area (Å²) in [6, 6.07) is 0. The van der Waals surface area contributed by atoms with Crippen LogP contribution in [0, 0.1) is 5.92 Å². The Balaban J connectivity index is 1.90. The van der Waals surface area contributed by atoms with Crippen molar-refractivity contribution in [3.05, 3.63) is 18.1 Å². The van der Waals surface area contributed by atoms with Gasteiger partial charge in [-0.25, -0.2) is 15.8 Å². The summed E-state index contributed by atoms with van der Waals surface area (Å²) in [5, 5.41) is 0. The number of rotatable bonds is 4. The van der Waals surface area contributed by atoms with E-state index in [9.17, 15) is 4.79 Å². The van der Waals surface area contributed by atoms with Crippen molar-refractivity contribution in [2.75, 3.05) is 39.2 Å². The second kappa shape index (κ2) is 6.62. The first kappa shape index (κ1) is 14.7. The molecule has 0 aromatic carbocycles. The molecule has 1 saturated heterocycles. The third kappa shape index (κ3) is 3.64. The van der Waals surface area contributed by atoms with Gasteiger partial charge in [-0.15, -0.1) is 0 Å². The fourth-order valence-corrected chi connectivity index (χ4v) is 2.42. The van der Waals surface area contributed by atoms with Gasteiger partial charge in [0.25, 0.3) is 5.91 Å². The van der Waals surface area contributed by atoms with Gasteiger partial charge in [-0.3, -0.25) is 4.79 Å². The molecular weight excluding hydrogens is 256 g/mol. The number of hydrogen-bond donors (Lipinski definition) is 2. The van der Waals surface area contributed by atoms with Crippen molar-refractivity contribution >= 4 is 11.7 Å². The summed E-state index contributed by atoms with van der Waals surface area (Å²) in [6.45, 7) is 2.97. The van der Waals surface area contributed by atoms with E-state index < -0.39 is 0 Å². The van der Waals surface area contributed by atoms with E-state index in [0.717, 1.165) is 32.5 Å². The first-order chi connectivity index (χ1) is 9.60. The van der Waals surface area contributed by atoms with E-state index in [4.69, 9.17) is 5.84 Å². The molecule has 20 heavy (non-hydrogen) atoms. The molecule has 0 spiro atoms. The van der Waals surface area contributed by atoms with Crippen LogP contribution in [0.25, 0.3) is 0 Å². The zero-order valence-electron chi connectivity index (χ0n) is 12.0. The van der Waals surface area contributed by atoms with Crippen molar-refractivity contribution in [1.29, 1.82) is 0 Å². The molecule has 1 aliphatic rings. The van der Waals surface area contributed by atoms with Gasteiger partial charge < -0.3 is 15.2 Å². The average molecular weight is 278 g/mol. The number of nitrogens with one attached hydrogen (secondary N) is 1. The molecule has 1 aliphatic heterocycles. The number of aromatic nitrogens is 2. The molecule has 7 nitrogen and oxygen atoms in total. The number of carbonyl (C=O) groups excluding carboxylic acids is 1. The molecule has 110 valence electrons. The lowest BCUT2D eigenvalue weighted by Crippen LogP contribution is -2.38. The maximum atomic E-state index is 12.2. The highest BCUT2D eigenvalue weighted by Gasteiger charge is 2.21. The largest absolute Gasteiger partial charge is 0.340 e. The fraction of sp³-hybridized carbons (Fsp3) is 0.615. The number of carbonyl (C=O) groups is 1. The summed E-state index contributed by atoms with van der Waals surface area (Å²) in [5.74, 6) is 6.13.